The summed E-state index contributed by atoms with van der Waals surface area (Å²) in [4.78, 5) is 9.63. The Bertz CT molecular complexity index is 128. The van der Waals surface area contributed by atoms with E-state index in [0.29, 0.717) is 12.0 Å². The first-order valence-electron chi connectivity index (χ1n) is 2.13. The highest BCUT2D eigenvalue weighted by Gasteiger charge is 1.90. The number of carbonyl (C=O) groups excluding carboxylic acids is 1. The van der Waals surface area contributed by atoms with E-state index in [4.69, 9.17) is 5.41 Å². The minimum atomic E-state index is 0.0694. The molecule has 2 N–H and O–H groups in total. The van der Waals surface area contributed by atoms with Crippen molar-refractivity contribution in [2.45, 2.75) is 6.92 Å². The molecule has 1 amide bonds. The van der Waals surface area contributed by atoms with Gasteiger partial charge in [-0.2, -0.15) is 0 Å². The number of hydrogen-bond acceptors (Lipinski definition) is 2. The first-order valence-corrected chi connectivity index (χ1v) is 2.13. The van der Waals surface area contributed by atoms with Crippen LogP contribution >= 0.6 is 0 Å². The summed E-state index contributed by atoms with van der Waals surface area (Å²) in [5.74, 6) is 0.0694. The Morgan fingerprint density at radius 3 is 2.50 bits per heavy atom. The Kier molecular flexibility index (Phi) is 2.54. The molecule has 44 valence electrons. The SMILES string of the molecule is C=C(C)C(=N)NC=O. The molecule has 0 saturated carbocycles. The van der Waals surface area contributed by atoms with Crippen molar-refractivity contribution >= 4 is 12.2 Å². The normalized spacial score (nSPS) is 7.62. The Morgan fingerprint density at radius 2 is 2.38 bits per heavy atom. The standard InChI is InChI=1S/C5H8N2O/c1-4(2)5(6)7-3-8/h3H,1H2,2H3,(H2,6,7,8). The molecule has 0 radical (unpaired) electrons. The predicted molar refractivity (Wildman–Crippen MR) is 31.7 cm³/mol. The van der Waals surface area contributed by atoms with Crippen LogP contribution in [0.5, 0.6) is 0 Å². The van der Waals surface area contributed by atoms with E-state index in [-0.39, 0.29) is 5.84 Å². The minimum Gasteiger partial charge on any atom is -0.314 e. The predicted octanol–water partition coefficient (Wildman–Crippen LogP) is 0.286. The lowest BCUT2D eigenvalue weighted by Gasteiger charge is -1.95. The van der Waals surface area contributed by atoms with Crippen LogP contribution in [-0.2, 0) is 4.79 Å². The van der Waals surface area contributed by atoms with Crippen LogP contribution in [0.25, 0.3) is 0 Å². The molecule has 3 nitrogen and oxygen atoms in total. The van der Waals surface area contributed by atoms with Crippen molar-refractivity contribution in [3.63, 3.8) is 0 Å². The summed E-state index contributed by atoms with van der Waals surface area (Å²) in [5.41, 5.74) is 0.553. The summed E-state index contributed by atoms with van der Waals surface area (Å²) in [6.07, 6.45) is 0.455. The average Bonchev–Trinajstić information content (AvgIpc) is 1.67. The van der Waals surface area contributed by atoms with Gasteiger partial charge in [-0.25, -0.2) is 0 Å². The van der Waals surface area contributed by atoms with Crippen LogP contribution in [0.2, 0.25) is 0 Å². The van der Waals surface area contributed by atoms with Crippen molar-refractivity contribution in [1.82, 2.24) is 5.32 Å². The van der Waals surface area contributed by atoms with Gasteiger partial charge in [0.15, 0.2) is 0 Å². The van der Waals surface area contributed by atoms with Crippen molar-refractivity contribution in [3.05, 3.63) is 12.2 Å². The zero-order valence-electron chi connectivity index (χ0n) is 4.69. The molecule has 0 fully saturated rings. The van der Waals surface area contributed by atoms with Gasteiger partial charge in [0.1, 0.15) is 5.84 Å². The topological polar surface area (TPSA) is 53.0 Å². The van der Waals surface area contributed by atoms with Gasteiger partial charge >= 0.3 is 0 Å². The van der Waals surface area contributed by atoms with E-state index in [1.54, 1.807) is 6.92 Å². The van der Waals surface area contributed by atoms with E-state index in [0.717, 1.165) is 0 Å². The monoisotopic (exact) mass is 112 g/mol. The Labute approximate surface area is 47.9 Å². The highest BCUT2D eigenvalue weighted by molar-refractivity contribution is 6.00. The van der Waals surface area contributed by atoms with Crippen molar-refractivity contribution in [2.24, 2.45) is 0 Å². The molecule has 0 aliphatic carbocycles. The maximum atomic E-state index is 9.63. The number of rotatable bonds is 2. The fourth-order valence-corrected chi connectivity index (χ4v) is 0.182. The zero-order valence-corrected chi connectivity index (χ0v) is 4.69. The van der Waals surface area contributed by atoms with Gasteiger partial charge in [-0.15, -0.1) is 0 Å². The van der Waals surface area contributed by atoms with Gasteiger partial charge in [0.05, 0.1) is 0 Å². The van der Waals surface area contributed by atoms with Crippen molar-refractivity contribution in [3.8, 4) is 0 Å². The van der Waals surface area contributed by atoms with Crippen LogP contribution in [-0.4, -0.2) is 12.2 Å². The van der Waals surface area contributed by atoms with Crippen LogP contribution in [0.3, 0.4) is 0 Å². The number of amides is 1. The van der Waals surface area contributed by atoms with Gasteiger partial charge in [-0.3, -0.25) is 10.2 Å². The summed E-state index contributed by atoms with van der Waals surface area (Å²) in [7, 11) is 0. The molecule has 0 aliphatic heterocycles. The second kappa shape index (κ2) is 2.96. The smallest absolute Gasteiger partial charge is 0.212 e. The van der Waals surface area contributed by atoms with Crippen molar-refractivity contribution in [2.75, 3.05) is 0 Å². The fourth-order valence-electron chi connectivity index (χ4n) is 0.182. The molecular weight excluding hydrogens is 104 g/mol. The first-order chi connectivity index (χ1) is 3.68. The molecule has 0 rings (SSSR count). The lowest BCUT2D eigenvalue weighted by Crippen LogP contribution is -2.20. The van der Waals surface area contributed by atoms with Crippen LogP contribution in [0.4, 0.5) is 0 Å². The average molecular weight is 112 g/mol. The van der Waals surface area contributed by atoms with E-state index >= 15 is 0 Å². The molecule has 0 aliphatic rings. The molecule has 0 unspecified atom stereocenters. The molecule has 0 bridgehead atoms. The largest absolute Gasteiger partial charge is 0.314 e. The number of hydrogen-bond donors (Lipinski definition) is 2. The molecule has 0 aromatic carbocycles. The van der Waals surface area contributed by atoms with E-state index in [9.17, 15) is 4.79 Å². The highest BCUT2D eigenvalue weighted by Crippen LogP contribution is 1.82. The summed E-state index contributed by atoms with van der Waals surface area (Å²) in [6, 6.07) is 0. The number of carbonyl (C=O) groups is 1. The lowest BCUT2D eigenvalue weighted by atomic mass is 10.3. The van der Waals surface area contributed by atoms with Gasteiger partial charge in [0.2, 0.25) is 6.41 Å². The van der Waals surface area contributed by atoms with Gasteiger partial charge < -0.3 is 5.32 Å². The third-order valence-electron chi connectivity index (χ3n) is 0.630. The second-order valence-electron chi connectivity index (χ2n) is 1.42. The molecule has 0 saturated heterocycles. The third-order valence-corrected chi connectivity index (χ3v) is 0.630. The van der Waals surface area contributed by atoms with Crippen molar-refractivity contribution < 1.29 is 4.79 Å². The Balaban J connectivity index is 3.65. The van der Waals surface area contributed by atoms with Crippen LogP contribution < -0.4 is 5.32 Å². The van der Waals surface area contributed by atoms with Crippen LogP contribution in [0.1, 0.15) is 6.92 Å². The Hall–Kier alpha value is -1.12. The lowest BCUT2D eigenvalue weighted by molar-refractivity contribution is -0.108. The van der Waals surface area contributed by atoms with Gasteiger partial charge in [0, 0.05) is 0 Å². The van der Waals surface area contributed by atoms with E-state index < -0.39 is 0 Å². The zero-order chi connectivity index (χ0) is 6.57. The minimum absolute atomic E-state index is 0.0694. The van der Waals surface area contributed by atoms with Crippen LogP contribution in [0, 0.1) is 5.41 Å². The molecule has 0 aromatic heterocycles. The van der Waals surface area contributed by atoms with Crippen molar-refractivity contribution in [1.29, 1.82) is 5.41 Å². The molecule has 0 heterocycles. The maximum absolute atomic E-state index is 9.63. The van der Waals surface area contributed by atoms with Gasteiger partial charge in [-0.05, 0) is 12.5 Å². The number of nitrogens with one attached hydrogen (secondary N) is 2. The molecule has 8 heavy (non-hydrogen) atoms. The van der Waals surface area contributed by atoms with Crippen LogP contribution in [0.15, 0.2) is 12.2 Å². The molecule has 0 aromatic rings. The number of amidine groups is 1. The summed E-state index contributed by atoms with van der Waals surface area (Å²) in [5, 5.41) is 9.05. The van der Waals surface area contributed by atoms with Gasteiger partial charge in [0.25, 0.3) is 0 Å². The van der Waals surface area contributed by atoms with E-state index in [2.05, 4.69) is 11.9 Å². The summed E-state index contributed by atoms with van der Waals surface area (Å²) < 4.78 is 0. The molecule has 3 heteroatoms. The van der Waals surface area contributed by atoms with Gasteiger partial charge in [-0.1, -0.05) is 6.58 Å². The van der Waals surface area contributed by atoms with E-state index in [1.165, 1.54) is 0 Å². The van der Waals surface area contributed by atoms with E-state index in [1.807, 2.05) is 0 Å². The molecular formula is C5H8N2O. The quantitative estimate of drug-likeness (QED) is 0.301. The maximum Gasteiger partial charge on any atom is 0.212 e. The Morgan fingerprint density at radius 1 is 1.88 bits per heavy atom. The summed E-state index contributed by atoms with van der Waals surface area (Å²) in [6.45, 7) is 5.08. The second-order valence-corrected chi connectivity index (χ2v) is 1.42. The fraction of sp³-hybridized carbons (Fsp3) is 0.200. The first kappa shape index (κ1) is 6.88. The molecule has 0 atom stereocenters. The molecule has 0 spiro atoms. The highest BCUT2D eigenvalue weighted by atomic mass is 16.1. The third kappa shape index (κ3) is 2.12. The summed E-state index contributed by atoms with van der Waals surface area (Å²) >= 11 is 0.